The van der Waals surface area contributed by atoms with Gasteiger partial charge in [0.1, 0.15) is 12.6 Å². The molecule has 1 atom stereocenters. The third-order valence-corrected chi connectivity index (χ3v) is 7.51. The van der Waals surface area contributed by atoms with E-state index in [1.54, 1.807) is 6.07 Å². The molecule has 0 bridgehead atoms. The van der Waals surface area contributed by atoms with E-state index in [0.29, 0.717) is 5.56 Å². The molecule has 4 aromatic rings. The minimum Gasteiger partial charge on any atom is -0.480 e. The molecule has 1 aliphatic rings. The molecule has 0 fully saturated rings. The average Bonchev–Trinajstić information content (AvgIpc) is 3.26. The van der Waals surface area contributed by atoms with Gasteiger partial charge in [0.25, 0.3) is 0 Å². The van der Waals surface area contributed by atoms with Gasteiger partial charge in [0.2, 0.25) is 0 Å². The number of alkyl carbamates (subject to hydrolysis) is 1. The Bertz CT molecular complexity index is 1470. The Morgan fingerprint density at radius 1 is 0.895 bits per heavy atom. The van der Waals surface area contributed by atoms with Crippen LogP contribution in [0.15, 0.2) is 95.5 Å². The SMILES string of the molecule is O=Cc1cc(-c2ccc(C[C@H](NC(=O)OCC3c4ccccc4-c4ccccc43)C(=O)O)cc2)ccc1Br. The Kier molecular flexibility index (Phi) is 7.38. The second kappa shape index (κ2) is 11.0. The number of rotatable bonds is 8. The Morgan fingerprint density at radius 3 is 2.11 bits per heavy atom. The van der Waals surface area contributed by atoms with Gasteiger partial charge in [-0.05, 0) is 51.1 Å². The number of carbonyl (C=O) groups is 3. The highest BCUT2D eigenvalue weighted by Gasteiger charge is 2.29. The summed E-state index contributed by atoms with van der Waals surface area (Å²) in [5.74, 6) is -1.26. The molecule has 2 N–H and O–H groups in total. The third-order valence-electron chi connectivity index (χ3n) is 6.78. The lowest BCUT2D eigenvalue weighted by Gasteiger charge is -2.17. The molecule has 0 heterocycles. The molecule has 1 aliphatic carbocycles. The number of nitrogens with one attached hydrogen (secondary N) is 1. The number of carbonyl (C=O) groups excluding carboxylic acids is 2. The van der Waals surface area contributed by atoms with E-state index in [9.17, 15) is 19.5 Å². The van der Waals surface area contributed by atoms with Crippen molar-refractivity contribution in [3.63, 3.8) is 0 Å². The molecular weight excluding hydrogens is 546 g/mol. The zero-order chi connectivity index (χ0) is 26.6. The van der Waals surface area contributed by atoms with E-state index in [4.69, 9.17) is 4.74 Å². The maximum Gasteiger partial charge on any atom is 0.407 e. The summed E-state index contributed by atoms with van der Waals surface area (Å²) in [7, 11) is 0. The average molecular weight is 570 g/mol. The summed E-state index contributed by atoms with van der Waals surface area (Å²) in [5, 5.41) is 12.2. The number of halogens is 1. The molecule has 0 radical (unpaired) electrons. The molecule has 0 aliphatic heterocycles. The van der Waals surface area contributed by atoms with E-state index in [2.05, 4.69) is 33.4 Å². The van der Waals surface area contributed by atoms with E-state index in [0.717, 1.165) is 49.7 Å². The van der Waals surface area contributed by atoms with Crippen molar-refractivity contribution < 1.29 is 24.2 Å². The number of amides is 1. The summed E-state index contributed by atoms with van der Waals surface area (Å²) in [4.78, 5) is 35.8. The predicted octanol–water partition coefficient (Wildman–Crippen LogP) is 6.46. The maximum atomic E-state index is 12.6. The standard InChI is InChI=1S/C31H24BrNO5/c32-28-14-13-21(16-22(28)17-34)20-11-9-19(10-12-20)15-29(30(35)36)33-31(37)38-18-27-25-7-3-1-5-23(25)24-6-2-4-8-26(24)27/h1-14,16-17,27,29H,15,18H2,(H,33,37)(H,35,36)/t29-/m0/s1. The fraction of sp³-hybridized carbons (Fsp3) is 0.129. The van der Waals surface area contributed by atoms with Crippen LogP contribution in [0.2, 0.25) is 0 Å². The minimum absolute atomic E-state index is 0.0970. The van der Waals surface area contributed by atoms with E-state index < -0.39 is 18.1 Å². The number of carboxylic acid groups (broad SMARTS) is 1. The Hall–Kier alpha value is -4.23. The summed E-state index contributed by atoms with van der Waals surface area (Å²) >= 11 is 3.35. The van der Waals surface area contributed by atoms with Crippen molar-refractivity contribution in [3.05, 3.63) is 118 Å². The van der Waals surface area contributed by atoms with Gasteiger partial charge in [-0.15, -0.1) is 0 Å². The molecule has 0 unspecified atom stereocenters. The van der Waals surface area contributed by atoms with Gasteiger partial charge in [-0.2, -0.15) is 0 Å². The van der Waals surface area contributed by atoms with Crippen molar-refractivity contribution in [2.45, 2.75) is 18.4 Å². The molecule has 38 heavy (non-hydrogen) atoms. The number of fused-ring (bicyclic) bond motifs is 3. The van der Waals surface area contributed by atoms with Gasteiger partial charge in [-0.1, -0.05) is 94.8 Å². The monoisotopic (exact) mass is 569 g/mol. The lowest BCUT2D eigenvalue weighted by atomic mass is 9.98. The predicted molar refractivity (Wildman–Crippen MR) is 148 cm³/mol. The van der Waals surface area contributed by atoms with Crippen LogP contribution in [-0.2, 0) is 16.0 Å². The van der Waals surface area contributed by atoms with Gasteiger partial charge in [0, 0.05) is 22.4 Å². The van der Waals surface area contributed by atoms with Crippen LogP contribution in [0.3, 0.4) is 0 Å². The molecule has 0 spiro atoms. The topological polar surface area (TPSA) is 92.7 Å². The highest BCUT2D eigenvalue weighted by Crippen LogP contribution is 2.44. The first-order chi connectivity index (χ1) is 18.4. The number of hydrogen-bond acceptors (Lipinski definition) is 4. The zero-order valence-electron chi connectivity index (χ0n) is 20.3. The van der Waals surface area contributed by atoms with Gasteiger partial charge >= 0.3 is 12.1 Å². The number of benzene rings is 4. The van der Waals surface area contributed by atoms with Crippen molar-refractivity contribution in [1.82, 2.24) is 5.32 Å². The second-order valence-corrected chi connectivity index (χ2v) is 9.97. The maximum absolute atomic E-state index is 12.6. The number of hydrogen-bond donors (Lipinski definition) is 2. The molecule has 1 amide bonds. The molecule has 0 saturated heterocycles. The molecule has 6 nitrogen and oxygen atoms in total. The number of aldehydes is 1. The molecule has 5 rings (SSSR count). The number of aliphatic carboxylic acids is 1. The van der Waals surface area contributed by atoms with E-state index >= 15 is 0 Å². The fourth-order valence-electron chi connectivity index (χ4n) is 4.87. The van der Waals surface area contributed by atoms with E-state index in [1.807, 2.05) is 72.8 Å². The van der Waals surface area contributed by atoms with Gasteiger partial charge in [0.15, 0.2) is 6.29 Å². The van der Waals surface area contributed by atoms with Crippen LogP contribution < -0.4 is 5.32 Å². The molecule has 190 valence electrons. The van der Waals surface area contributed by atoms with E-state index in [-0.39, 0.29) is 18.9 Å². The van der Waals surface area contributed by atoms with Gasteiger partial charge < -0.3 is 15.2 Å². The Labute approximate surface area is 228 Å². The largest absolute Gasteiger partial charge is 0.480 e. The quantitative estimate of drug-likeness (QED) is 0.237. The Balaban J connectivity index is 1.23. The van der Waals surface area contributed by atoms with Crippen molar-refractivity contribution in [2.75, 3.05) is 6.61 Å². The first kappa shape index (κ1) is 25.4. The first-order valence-corrected chi connectivity index (χ1v) is 12.9. The van der Waals surface area contributed by atoms with Crippen LogP contribution in [0.25, 0.3) is 22.3 Å². The summed E-state index contributed by atoms with van der Waals surface area (Å²) in [6, 6.07) is 27.7. The van der Waals surface area contributed by atoms with Gasteiger partial charge in [-0.3, -0.25) is 4.79 Å². The van der Waals surface area contributed by atoms with Crippen LogP contribution >= 0.6 is 15.9 Å². The van der Waals surface area contributed by atoms with Crippen LogP contribution in [-0.4, -0.2) is 36.1 Å². The molecule has 0 aromatic heterocycles. The normalized spacial score (nSPS) is 12.8. The summed E-state index contributed by atoms with van der Waals surface area (Å²) in [6.07, 6.45) is 0.112. The first-order valence-electron chi connectivity index (χ1n) is 12.1. The minimum atomic E-state index is -1.15. The van der Waals surface area contributed by atoms with Crippen LogP contribution in [0.5, 0.6) is 0 Å². The van der Waals surface area contributed by atoms with Gasteiger partial charge in [0.05, 0.1) is 0 Å². The Morgan fingerprint density at radius 2 is 1.50 bits per heavy atom. The van der Waals surface area contributed by atoms with Crippen molar-refractivity contribution in [1.29, 1.82) is 0 Å². The van der Waals surface area contributed by atoms with Crippen molar-refractivity contribution in [2.24, 2.45) is 0 Å². The molecule has 7 heteroatoms. The highest BCUT2D eigenvalue weighted by atomic mass is 79.9. The summed E-state index contributed by atoms with van der Waals surface area (Å²) in [6.45, 7) is 0.108. The third kappa shape index (κ3) is 5.24. The highest BCUT2D eigenvalue weighted by molar-refractivity contribution is 9.10. The zero-order valence-corrected chi connectivity index (χ0v) is 21.9. The van der Waals surface area contributed by atoms with Gasteiger partial charge in [-0.25, -0.2) is 9.59 Å². The second-order valence-electron chi connectivity index (χ2n) is 9.12. The summed E-state index contributed by atoms with van der Waals surface area (Å²) < 4.78 is 6.24. The lowest BCUT2D eigenvalue weighted by Crippen LogP contribution is -2.42. The lowest BCUT2D eigenvalue weighted by molar-refractivity contribution is -0.139. The van der Waals surface area contributed by atoms with Crippen LogP contribution in [0.1, 0.15) is 33.0 Å². The van der Waals surface area contributed by atoms with Crippen molar-refractivity contribution >= 4 is 34.3 Å². The smallest absolute Gasteiger partial charge is 0.407 e. The van der Waals surface area contributed by atoms with Crippen LogP contribution in [0, 0.1) is 0 Å². The molecule has 4 aromatic carbocycles. The molecular formula is C31H24BrNO5. The number of ether oxygens (including phenoxy) is 1. The number of carboxylic acids is 1. The fourth-order valence-corrected chi connectivity index (χ4v) is 5.21. The van der Waals surface area contributed by atoms with Crippen LogP contribution in [0.4, 0.5) is 4.79 Å². The summed E-state index contributed by atoms with van der Waals surface area (Å²) in [5.41, 5.74) is 7.46. The van der Waals surface area contributed by atoms with E-state index in [1.165, 1.54) is 0 Å². The molecule has 0 saturated carbocycles. The van der Waals surface area contributed by atoms with Crippen molar-refractivity contribution in [3.8, 4) is 22.3 Å².